The summed E-state index contributed by atoms with van der Waals surface area (Å²) < 4.78 is 30.6. The Morgan fingerprint density at radius 1 is 1.35 bits per heavy atom. The van der Waals surface area contributed by atoms with Crippen molar-refractivity contribution in [3.8, 4) is 5.75 Å². The lowest BCUT2D eigenvalue weighted by atomic mass is 10.2. The van der Waals surface area contributed by atoms with Gasteiger partial charge in [-0.1, -0.05) is 12.1 Å². The summed E-state index contributed by atoms with van der Waals surface area (Å²) in [6.07, 6.45) is 2.26. The summed E-state index contributed by atoms with van der Waals surface area (Å²) >= 11 is 0. The van der Waals surface area contributed by atoms with Crippen molar-refractivity contribution in [3.63, 3.8) is 0 Å². The van der Waals surface area contributed by atoms with E-state index >= 15 is 0 Å². The molecule has 1 heterocycles. The van der Waals surface area contributed by atoms with E-state index in [1.165, 1.54) is 4.31 Å². The van der Waals surface area contributed by atoms with E-state index in [2.05, 4.69) is 5.32 Å². The molecule has 1 amide bonds. The second-order valence-electron chi connectivity index (χ2n) is 5.73. The Bertz CT molecular complexity index is 631. The van der Waals surface area contributed by atoms with Crippen LogP contribution in [0, 0.1) is 6.92 Å². The molecule has 1 aliphatic heterocycles. The molecule has 0 unspecified atom stereocenters. The highest BCUT2D eigenvalue weighted by Crippen LogP contribution is 2.13. The Morgan fingerprint density at radius 3 is 2.91 bits per heavy atom. The van der Waals surface area contributed by atoms with Crippen LogP contribution in [-0.2, 0) is 14.8 Å². The quantitative estimate of drug-likeness (QED) is 0.759. The van der Waals surface area contributed by atoms with Crippen molar-refractivity contribution in [3.05, 3.63) is 29.8 Å². The molecule has 7 heteroatoms. The number of hydrogen-bond acceptors (Lipinski definition) is 4. The van der Waals surface area contributed by atoms with Gasteiger partial charge in [0.25, 0.3) is 5.91 Å². The molecular weight excluding hydrogens is 316 g/mol. The summed E-state index contributed by atoms with van der Waals surface area (Å²) in [5.74, 6) is 0.705. The highest BCUT2D eigenvalue weighted by Gasteiger charge is 2.24. The van der Waals surface area contributed by atoms with Crippen molar-refractivity contribution in [1.82, 2.24) is 9.62 Å². The van der Waals surface area contributed by atoms with Crippen LogP contribution >= 0.6 is 0 Å². The molecule has 0 bridgehead atoms. The molecule has 1 N–H and O–H groups in total. The maximum absolute atomic E-state index is 11.8. The smallest absolute Gasteiger partial charge is 0.257 e. The average molecular weight is 340 g/mol. The number of hydrogen-bond donors (Lipinski definition) is 1. The zero-order valence-electron chi connectivity index (χ0n) is 13.5. The number of carbonyl (C=O) groups is 1. The van der Waals surface area contributed by atoms with Crippen LogP contribution in [0.3, 0.4) is 0 Å². The van der Waals surface area contributed by atoms with Gasteiger partial charge >= 0.3 is 0 Å². The van der Waals surface area contributed by atoms with Gasteiger partial charge in [0.2, 0.25) is 10.0 Å². The van der Waals surface area contributed by atoms with Crippen LogP contribution in [0.1, 0.15) is 24.8 Å². The number of nitrogens with one attached hydrogen (secondary N) is 1. The zero-order chi connectivity index (χ0) is 16.7. The Morgan fingerprint density at radius 2 is 2.17 bits per heavy atom. The second-order valence-corrected chi connectivity index (χ2v) is 7.82. The first-order chi connectivity index (χ1) is 11.0. The van der Waals surface area contributed by atoms with E-state index in [0.717, 1.165) is 18.4 Å². The largest absolute Gasteiger partial charge is 0.484 e. The Kier molecular flexibility index (Phi) is 6.41. The molecule has 1 aromatic rings. The van der Waals surface area contributed by atoms with E-state index in [-0.39, 0.29) is 18.3 Å². The predicted molar refractivity (Wildman–Crippen MR) is 88.9 cm³/mol. The third kappa shape index (κ3) is 5.84. The maximum Gasteiger partial charge on any atom is 0.257 e. The van der Waals surface area contributed by atoms with Crippen molar-refractivity contribution < 1.29 is 17.9 Å². The van der Waals surface area contributed by atoms with Crippen LogP contribution in [0.25, 0.3) is 0 Å². The fourth-order valence-electron chi connectivity index (χ4n) is 2.48. The Labute approximate surface area is 137 Å². The van der Waals surface area contributed by atoms with E-state index in [0.29, 0.717) is 31.8 Å². The molecule has 0 radical (unpaired) electrons. The van der Waals surface area contributed by atoms with Gasteiger partial charge in [-0.2, -0.15) is 0 Å². The van der Waals surface area contributed by atoms with Crippen molar-refractivity contribution in [2.24, 2.45) is 0 Å². The summed E-state index contributed by atoms with van der Waals surface area (Å²) in [6, 6.07) is 7.51. The number of carbonyl (C=O) groups excluding carboxylic acids is 1. The van der Waals surface area contributed by atoms with Crippen molar-refractivity contribution >= 4 is 15.9 Å². The molecule has 23 heavy (non-hydrogen) atoms. The highest BCUT2D eigenvalue weighted by atomic mass is 32.2. The normalized spacial score (nSPS) is 17.6. The number of aryl methyl sites for hydroxylation is 1. The minimum atomic E-state index is -3.08. The summed E-state index contributed by atoms with van der Waals surface area (Å²) in [4.78, 5) is 11.7. The molecular formula is C16H24N2O4S. The van der Waals surface area contributed by atoms with Crippen LogP contribution in [0.5, 0.6) is 5.75 Å². The van der Waals surface area contributed by atoms with Crippen molar-refractivity contribution in [2.75, 3.05) is 32.0 Å². The van der Waals surface area contributed by atoms with Gasteiger partial charge in [0.05, 0.1) is 5.75 Å². The first-order valence-corrected chi connectivity index (χ1v) is 9.52. The zero-order valence-corrected chi connectivity index (χ0v) is 14.3. The molecule has 128 valence electrons. The van der Waals surface area contributed by atoms with Gasteiger partial charge in [-0.25, -0.2) is 12.7 Å². The fourth-order valence-corrected chi connectivity index (χ4v) is 4.12. The monoisotopic (exact) mass is 340 g/mol. The number of nitrogens with zero attached hydrogens (tertiary/aromatic N) is 1. The van der Waals surface area contributed by atoms with Crippen LogP contribution < -0.4 is 10.1 Å². The lowest BCUT2D eigenvalue weighted by molar-refractivity contribution is -0.123. The highest BCUT2D eigenvalue weighted by molar-refractivity contribution is 7.89. The molecule has 1 aromatic carbocycles. The molecule has 0 spiro atoms. The number of sulfonamides is 1. The SMILES string of the molecule is Cc1cccc(OCC(=O)NCCCN2CCCCS2(=O)=O)c1. The topological polar surface area (TPSA) is 75.7 Å². The Hall–Kier alpha value is -1.60. The van der Waals surface area contributed by atoms with Gasteiger partial charge in [-0.3, -0.25) is 4.79 Å². The van der Waals surface area contributed by atoms with Gasteiger partial charge in [-0.15, -0.1) is 0 Å². The van der Waals surface area contributed by atoms with Gasteiger partial charge in [-0.05, 0) is 43.9 Å². The number of ether oxygens (including phenoxy) is 1. The van der Waals surface area contributed by atoms with Gasteiger partial charge in [0, 0.05) is 19.6 Å². The third-order valence-corrected chi connectivity index (χ3v) is 5.68. The first-order valence-electron chi connectivity index (χ1n) is 7.91. The van der Waals surface area contributed by atoms with Crippen molar-refractivity contribution in [1.29, 1.82) is 0 Å². The molecule has 0 atom stereocenters. The Balaban J connectivity index is 1.63. The number of amides is 1. The molecule has 0 aliphatic carbocycles. The lowest BCUT2D eigenvalue weighted by Gasteiger charge is -2.26. The van der Waals surface area contributed by atoms with Crippen LogP contribution in [0.4, 0.5) is 0 Å². The van der Waals surface area contributed by atoms with Crippen LogP contribution in [0.2, 0.25) is 0 Å². The molecule has 1 saturated heterocycles. The third-order valence-electron chi connectivity index (χ3n) is 3.72. The molecule has 6 nitrogen and oxygen atoms in total. The summed E-state index contributed by atoms with van der Waals surface area (Å²) in [7, 11) is -3.08. The van der Waals surface area contributed by atoms with E-state index in [1.807, 2.05) is 31.2 Å². The van der Waals surface area contributed by atoms with Crippen LogP contribution in [-0.4, -0.2) is 50.6 Å². The van der Waals surface area contributed by atoms with E-state index in [9.17, 15) is 13.2 Å². The van der Waals surface area contributed by atoms with Gasteiger partial charge < -0.3 is 10.1 Å². The first kappa shape index (κ1) is 17.7. The molecule has 2 rings (SSSR count). The van der Waals surface area contributed by atoms with E-state index in [4.69, 9.17) is 4.74 Å². The van der Waals surface area contributed by atoms with E-state index < -0.39 is 10.0 Å². The van der Waals surface area contributed by atoms with Crippen LogP contribution in [0.15, 0.2) is 24.3 Å². The number of rotatable bonds is 7. The molecule has 1 fully saturated rings. The molecule has 1 aliphatic rings. The summed E-state index contributed by atoms with van der Waals surface area (Å²) in [6.45, 7) is 3.42. The van der Waals surface area contributed by atoms with Gasteiger partial charge in [0.15, 0.2) is 6.61 Å². The van der Waals surface area contributed by atoms with Gasteiger partial charge in [0.1, 0.15) is 5.75 Å². The second kappa shape index (κ2) is 8.31. The summed E-state index contributed by atoms with van der Waals surface area (Å²) in [5, 5.41) is 2.75. The minimum absolute atomic E-state index is 0.0362. The fraction of sp³-hybridized carbons (Fsp3) is 0.562. The number of benzene rings is 1. The maximum atomic E-state index is 11.8. The standard InChI is InChI=1S/C16H24N2O4S/c1-14-6-4-7-15(12-14)22-13-16(19)17-8-5-10-18-9-2-3-11-23(18,20)21/h4,6-7,12H,2-3,5,8-11,13H2,1H3,(H,17,19). The lowest BCUT2D eigenvalue weighted by Crippen LogP contribution is -2.39. The van der Waals surface area contributed by atoms with E-state index in [1.54, 1.807) is 0 Å². The predicted octanol–water partition coefficient (Wildman–Crippen LogP) is 1.31. The summed E-state index contributed by atoms with van der Waals surface area (Å²) in [5.41, 5.74) is 1.07. The van der Waals surface area contributed by atoms with Crippen molar-refractivity contribution in [2.45, 2.75) is 26.2 Å². The molecule has 0 aromatic heterocycles. The molecule has 0 saturated carbocycles. The average Bonchev–Trinajstić information content (AvgIpc) is 2.50. The minimum Gasteiger partial charge on any atom is -0.484 e.